The van der Waals surface area contributed by atoms with Crippen molar-refractivity contribution in [3.8, 4) is 0 Å². The van der Waals surface area contributed by atoms with Crippen molar-refractivity contribution < 1.29 is 14.6 Å². The summed E-state index contributed by atoms with van der Waals surface area (Å²) in [5.74, 6) is 1.23. The Balaban J connectivity index is 1.63. The normalized spacial score (nSPS) is 50.7. The van der Waals surface area contributed by atoms with E-state index < -0.39 is 0 Å². The molecule has 0 bridgehead atoms. The van der Waals surface area contributed by atoms with Crippen LogP contribution in [0.3, 0.4) is 0 Å². The van der Waals surface area contributed by atoms with Crippen LogP contribution in [0.4, 0.5) is 0 Å². The molecule has 0 aromatic rings. The molecule has 3 nitrogen and oxygen atoms in total. The number of fused-ring (bicyclic) bond motifs is 7. The number of rotatable bonds is 1. The molecule has 8 atom stereocenters. The second-order valence-electron chi connectivity index (χ2n) is 14.8. The van der Waals surface area contributed by atoms with Crippen LogP contribution in [-0.2, 0) is 9.53 Å². The summed E-state index contributed by atoms with van der Waals surface area (Å²) in [4.78, 5) is 13.3. The lowest BCUT2D eigenvalue weighted by Gasteiger charge is -2.70. The second kappa shape index (κ2) is 7.24. The summed E-state index contributed by atoms with van der Waals surface area (Å²) >= 11 is 0. The van der Waals surface area contributed by atoms with Gasteiger partial charge in [0.25, 0.3) is 0 Å². The second-order valence-corrected chi connectivity index (χ2v) is 14.8. The molecule has 5 aliphatic rings. The van der Waals surface area contributed by atoms with Gasteiger partial charge in [-0.1, -0.05) is 72.3 Å². The zero-order valence-corrected chi connectivity index (χ0v) is 23.0. The molecule has 34 heavy (non-hydrogen) atoms. The molecule has 4 unspecified atom stereocenters. The van der Waals surface area contributed by atoms with Gasteiger partial charge in [-0.25, -0.2) is 0 Å². The van der Waals surface area contributed by atoms with Gasteiger partial charge in [0.15, 0.2) is 0 Å². The van der Waals surface area contributed by atoms with Crippen LogP contribution in [0.5, 0.6) is 0 Å². The molecule has 0 aliphatic heterocycles. The van der Waals surface area contributed by atoms with E-state index in [1.54, 1.807) is 12.7 Å². The fraction of sp³-hybridized carbons (Fsp3) is 0.839. The first-order valence-corrected chi connectivity index (χ1v) is 13.8. The number of ether oxygens (including phenoxy) is 1. The summed E-state index contributed by atoms with van der Waals surface area (Å²) < 4.78 is 5.48. The lowest BCUT2D eigenvalue weighted by atomic mass is 9.34. The monoisotopic (exact) mass is 468 g/mol. The van der Waals surface area contributed by atoms with E-state index in [0.717, 1.165) is 38.5 Å². The number of aliphatic hydroxyl groups excluding tert-OH is 1. The Bertz CT molecular complexity index is 942. The van der Waals surface area contributed by atoms with Crippen molar-refractivity contribution in [3.63, 3.8) is 0 Å². The van der Waals surface area contributed by atoms with Crippen LogP contribution in [0.15, 0.2) is 23.8 Å². The molecule has 0 aromatic heterocycles. The number of hydrogen-bond donors (Lipinski definition) is 1. The zero-order chi connectivity index (χ0) is 24.9. The average molecular weight is 469 g/mol. The van der Waals surface area contributed by atoms with Gasteiger partial charge < -0.3 is 9.84 Å². The highest BCUT2D eigenvalue weighted by Crippen LogP contribution is 2.75. The highest BCUT2D eigenvalue weighted by atomic mass is 16.5. The number of carbonyl (C=O) groups excluding carboxylic acids is 1. The quantitative estimate of drug-likeness (QED) is 0.330. The molecule has 0 radical (unpaired) electrons. The van der Waals surface area contributed by atoms with Crippen LogP contribution in [0.1, 0.15) is 99.8 Å². The van der Waals surface area contributed by atoms with E-state index in [0.29, 0.717) is 11.8 Å². The molecule has 0 amide bonds. The van der Waals surface area contributed by atoms with E-state index in [4.69, 9.17) is 4.74 Å². The maximum atomic E-state index is 13.3. The van der Waals surface area contributed by atoms with Gasteiger partial charge >= 0.3 is 5.97 Å². The predicted octanol–water partition coefficient (Wildman–Crippen LogP) is 7.10. The molecule has 1 N–H and O–H groups in total. The smallest absolute Gasteiger partial charge is 0.312 e. The first kappa shape index (κ1) is 24.6. The molecule has 0 saturated heterocycles. The van der Waals surface area contributed by atoms with E-state index in [9.17, 15) is 9.90 Å². The Morgan fingerprint density at radius 3 is 2.32 bits per heavy atom. The van der Waals surface area contributed by atoms with Gasteiger partial charge in [-0.2, -0.15) is 0 Å². The minimum absolute atomic E-state index is 0.0217. The summed E-state index contributed by atoms with van der Waals surface area (Å²) in [6, 6.07) is 0. The molecule has 0 aromatic carbocycles. The van der Waals surface area contributed by atoms with Gasteiger partial charge in [-0.3, -0.25) is 4.79 Å². The number of allylic oxidation sites excluding steroid dienone is 3. The van der Waals surface area contributed by atoms with Crippen LogP contribution in [-0.4, -0.2) is 24.3 Å². The molecular formula is C31H48O3. The average Bonchev–Trinajstić information content (AvgIpc) is 2.76. The molecule has 3 saturated carbocycles. The fourth-order valence-electron chi connectivity index (χ4n) is 10.4. The molecule has 0 spiro atoms. The molecule has 190 valence electrons. The molecule has 3 heteroatoms. The largest absolute Gasteiger partial charge is 0.469 e. The SMILES string of the molecule is COC(=O)[C@]12CCC(C)(C)CC1C1=CCC3[C@@]4(C)C(O)C=CC(C)(C)C4CC[C@@]3(C)[C@]1(C)CC2. The summed E-state index contributed by atoms with van der Waals surface area (Å²) in [7, 11) is 1.58. The summed E-state index contributed by atoms with van der Waals surface area (Å²) in [5, 5.41) is 11.5. The van der Waals surface area contributed by atoms with Crippen molar-refractivity contribution >= 4 is 5.97 Å². The van der Waals surface area contributed by atoms with Crippen molar-refractivity contribution in [1.82, 2.24) is 0 Å². The molecule has 5 aliphatic carbocycles. The third-order valence-corrected chi connectivity index (χ3v) is 12.6. The van der Waals surface area contributed by atoms with Gasteiger partial charge in [0.1, 0.15) is 0 Å². The highest BCUT2D eigenvalue weighted by Gasteiger charge is 2.69. The summed E-state index contributed by atoms with van der Waals surface area (Å²) in [6.45, 7) is 16.9. The molecule has 3 fully saturated rings. The van der Waals surface area contributed by atoms with Crippen molar-refractivity contribution in [3.05, 3.63) is 23.8 Å². The number of methoxy groups -OCH3 is 1. The molecule has 0 heterocycles. The van der Waals surface area contributed by atoms with E-state index in [-0.39, 0.29) is 50.5 Å². The first-order chi connectivity index (χ1) is 15.7. The van der Waals surface area contributed by atoms with Crippen LogP contribution < -0.4 is 0 Å². The Kier molecular flexibility index (Phi) is 5.23. The fourth-order valence-corrected chi connectivity index (χ4v) is 10.4. The van der Waals surface area contributed by atoms with Crippen molar-refractivity contribution in [1.29, 1.82) is 0 Å². The third kappa shape index (κ3) is 2.88. The summed E-state index contributed by atoms with van der Waals surface area (Å²) in [6.07, 6.45) is 15.0. The van der Waals surface area contributed by atoms with Gasteiger partial charge in [0, 0.05) is 5.41 Å². The molecular weight excluding hydrogens is 420 g/mol. The summed E-state index contributed by atoms with van der Waals surface area (Å²) in [5.41, 5.74) is 1.61. The lowest BCUT2D eigenvalue weighted by molar-refractivity contribution is -0.196. The Labute approximate surface area is 207 Å². The Morgan fingerprint density at radius 2 is 1.65 bits per heavy atom. The number of hydrogen-bond acceptors (Lipinski definition) is 3. The molecule has 5 rings (SSSR count). The van der Waals surface area contributed by atoms with Crippen LogP contribution >= 0.6 is 0 Å². The highest BCUT2D eigenvalue weighted by molar-refractivity contribution is 5.78. The van der Waals surface area contributed by atoms with Gasteiger partial charge in [0.05, 0.1) is 18.6 Å². The van der Waals surface area contributed by atoms with E-state index in [2.05, 4.69) is 66.7 Å². The van der Waals surface area contributed by atoms with Crippen LogP contribution in [0, 0.1) is 50.2 Å². The third-order valence-electron chi connectivity index (χ3n) is 12.6. The maximum absolute atomic E-state index is 13.3. The number of aliphatic hydroxyl groups is 1. The van der Waals surface area contributed by atoms with Crippen LogP contribution in [0.25, 0.3) is 0 Å². The standard InChI is InChI=1S/C31H48O3/c1-26(2)15-17-31(25(33)34-8)18-16-28(5)20(21(31)19-26)9-10-23-29(28,6)14-11-22-27(3,4)13-12-24(32)30(22,23)7/h9,12-13,21-24,32H,10-11,14-19H2,1-8H3/t21?,22?,23?,24?,28-,29-,30+,31+/m1/s1. The van der Waals surface area contributed by atoms with Crippen LogP contribution in [0.2, 0.25) is 0 Å². The van der Waals surface area contributed by atoms with Crippen molar-refractivity contribution in [2.75, 3.05) is 7.11 Å². The van der Waals surface area contributed by atoms with Gasteiger partial charge in [0.2, 0.25) is 0 Å². The Hall–Kier alpha value is -1.09. The minimum Gasteiger partial charge on any atom is -0.469 e. The van der Waals surface area contributed by atoms with Gasteiger partial charge in [-0.15, -0.1) is 0 Å². The van der Waals surface area contributed by atoms with Crippen molar-refractivity contribution in [2.45, 2.75) is 106 Å². The van der Waals surface area contributed by atoms with E-state index in [1.807, 2.05) is 0 Å². The van der Waals surface area contributed by atoms with E-state index >= 15 is 0 Å². The predicted molar refractivity (Wildman–Crippen MR) is 137 cm³/mol. The topological polar surface area (TPSA) is 46.5 Å². The minimum atomic E-state index is -0.389. The number of esters is 1. The maximum Gasteiger partial charge on any atom is 0.312 e. The number of carbonyl (C=O) groups is 1. The Morgan fingerprint density at radius 1 is 0.971 bits per heavy atom. The lowest BCUT2D eigenvalue weighted by Crippen LogP contribution is -2.65. The van der Waals surface area contributed by atoms with Crippen molar-refractivity contribution in [2.24, 2.45) is 50.2 Å². The zero-order valence-electron chi connectivity index (χ0n) is 23.0. The first-order valence-electron chi connectivity index (χ1n) is 13.8. The van der Waals surface area contributed by atoms with E-state index in [1.165, 1.54) is 12.8 Å². The van der Waals surface area contributed by atoms with Gasteiger partial charge in [-0.05, 0) is 90.8 Å².